The molecule has 4 nitrogen and oxygen atoms in total. The van der Waals surface area contributed by atoms with E-state index in [1.807, 2.05) is 0 Å². The average molecular weight is 417 g/mol. The lowest BCUT2D eigenvalue weighted by molar-refractivity contribution is -0.169. The van der Waals surface area contributed by atoms with E-state index in [2.05, 4.69) is 27.7 Å². The molecule has 1 N–H and O–H groups in total. The van der Waals surface area contributed by atoms with Gasteiger partial charge in [0.05, 0.1) is 0 Å². The summed E-state index contributed by atoms with van der Waals surface area (Å²) in [7, 11) is 0. The number of carbonyl (C=O) groups is 3. The second-order valence-electron chi connectivity index (χ2n) is 11.6. The molecular weight excluding hydrogens is 376 g/mol. The maximum Gasteiger partial charge on any atom is 0.303 e. The highest BCUT2D eigenvalue weighted by molar-refractivity contribution is 5.88. The standard InChI is InChI=1S/C26H40O4/c1-5-17-21-14-16(27)10-12-26(21,4)20-11-13-25(3)18(15(2)6-9-22(28)29)7-8-19(25)23(20)24(17)30/h15,17-21,23H,5-14H2,1-4H3,(H,28,29)/t15-,17?,18-,19+,20+,21?,23+,25-,26-/m1/s1. The molecule has 4 aliphatic carbocycles. The maximum absolute atomic E-state index is 13.9. The molecule has 0 aromatic carbocycles. The van der Waals surface area contributed by atoms with E-state index in [0.717, 1.165) is 44.9 Å². The average Bonchev–Trinajstić information content (AvgIpc) is 3.05. The number of carboxylic acids is 1. The third-order valence-corrected chi connectivity index (χ3v) is 10.5. The quantitative estimate of drug-likeness (QED) is 0.639. The van der Waals surface area contributed by atoms with E-state index in [9.17, 15) is 14.4 Å². The van der Waals surface area contributed by atoms with Crippen LogP contribution in [-0.4, -0.2) is 22.6 Å². The zero-order chi connectivity index (χ0) is 21.8. The lowest BCUT2D eigenvalue weighted by atomic mass is 9.42. The summed E-state index contributed by atoms with van der Waals surface area (Å²) in [4.78, 5) is 37.3. The first kappa shape index (κ1) is 22.0. The molecule has 0 heterocycles. The fourth-order valence-electron chi connectivity index (χ4n) is 8.97. The van der Waals surface area contributed by atoms with Crippen molar-refractivity contribution in [1.29, 1.82) is 0 Å². The number of carboxylic acid groups (broad SMARTS) is 1. The molecule has 0 aliphatic heterocycles. The first-order chi connectivity index (χ1) is 14.1. The fraction of sp³-hybridized carbons (Fsp3) is 0.885. The van der Waals surface area contributed by atoms with Gasteiger partial charge in [-0.25, -0.2) is 0 Å². The van der Waals surface area contributed by atoms with Gasteiger partial charge in [-0.15, -0.1) is 0 Å². The Kier molecular flexibility index (Phi) is 5.68. The van der Waals surface area contributed by atoms with Gasteiger partial charge in [-0.1, -0.05) is 27.7 Å². The zero-order valence-corrected chi connectivity index (χ0v) is 19.3. The third-order valence-electron chi connectivity index (χ3n) is 10.5. The fourth-order valence-corrected chi connectivity index (χ4v) is 8.97. The van der Waals surface area contributed by atoms with Gasteiger partial charge in [-0.05, 0) is 85.4 Å². The molecule has 168 valence electrons. The lowest BCUT2D eigenvalue weighted by Crippen LogP contribution is -2.60. The summed E-state index contributed by atoms with van der Waals surface area (Å²) in [6.07, 6.45) is 8.61. The number of rotatable bonds is 5. The molecule has 4 rings (SSSR count). The molecule has 0 radical (unpaired) electrons. The van der Waals surface area contributed by atoms with Crippen LogP contribution >= 0.6 is 0 Å². The predicted molar refractivity (Wildman–Crippen MR) is 116 cm³/mol. The Bertz CT molecular complexity index is 729. The zero-order valence-electron chi connectivity index (χ0n) is 19.3. The lowest BCUT2D eigenvalue weighted by Gasteiger charge is -2.61. The molecule has 30 heavy (non-hydrogen) atoms. The van der Waals surface area contributed by atoms with Gasteiger partial charge in [0.25, 0.3) is 0 Å². The molecule has 2 unspecified atom stereocenters. The van der Waals surface area contributed by atoms with Gasteiger partial charge in [0.15, 0.2) is 0 Å². The Morgan fingerprint density at radius 2 is 1.77 bits per heavy atom. The molecule has 0 aromatic heterocycles. The van der Waals surface area contributed by atoms with Gasteiger partial charge in [0.2, 0.25) is 0 Å². The number of carbonyl (C=O) groups excluding carboxylic acids is 2. The van der Waals surface area contributed by atoms with Gasteiger partial charge in [0.1, 0.15) is 11.6 Å². The summed E-state index contributed by atoms with van der Waals surface area (Å²) in [6.45, 7) is 9.18. The first-order valence-electron chi connectivity index (χ1n) is 12.4. The molecule has 4 heteroatoms. The van der Waals surface area contributed by atoms with Crippen molar-refractivity contribution in [3.8, 4) is 0 Å². The van der Waals surface area contributed by atoms with Crippen LogP contribution in [0.5, 0.6) is 0 Å². The maximum atomic E-state index is 13.9. The number of fused-ring (bicyclic) bond motifs is 5. The van der Waals surface area contributed by atoms with E-state index in [-0.39, 0.29) is 35.0 Å². The van der Waals surface area contributed by atoms with E-state index in [0.29, 0.717) is 48.1 Å². The predicted octanol–water partition coefficient (Wildman–Crippen LogP) is 5.53. The van der Waals surface area contributed by atoms with E-state index in [1.165, 1.54) is 0 Å². The minimum absolute atomic E-state index is 0.0475. The largest absolute Gasteiger partial charge is 0.481 e. The van der Waals surface area contributed by atoms with Gasteiger partial charge in [-0.2, -0.15) is 0 Å². The highest BCUT2D eigenvalue weighted by Crippen LogP contribution is 2.68. The van der Waals surface area contributed by atoms with Crippen LogP contribution in [0.3, 0.4) is 0 Å². The Balaban J connectivity index is 1.63. The molecule has 9 atom stereocenters. The number of ketones is 2. The second kappa shape index (κ2) is 7.74. The molecule has 0 saturated heterocycles. The van der Waals surface area contributed by atoms with Crippen molar-refractivity contribution in [2.75, 3.05) is 0 Å². The monoisotopic (exact) mass is 416 g/mol. The van der Waals surface area contributed by atoms with Crippen LogP contribution in [0.15, 0.2) is 0 Å². The van der Waals surface area contributed by atoms with Crippen LogP contribution < -0.4 is 0 Å². The minimum atomic E-state index is -0.704. The first-order valence-corrected chi connectivity index (χ1v) is 12.4. The van der Waals surface area contributed by atoms with Crippen molar-refractivity contribution in [3.05, 3.63) is 0 Å². The Morgan fingerprint density at radius 1 is 1.07 bits per heavy atom. The Hall–Kier alpha value is -1.19. The van der Waals surface area contributed by atoms with Gasteiger partial charge in [-0.3, -0.25) is 14.4 Å². The van der Waals surface area contributed by atoms with Crippen molar-refractivity contribution in [2.45, 2.75) is 91.9 Å². The van der Waals surface area contributed by atoms with E-state index < -0.39 is 5.97 Å². The van der Waals surface area contributed by atoms with Gasteiger partial charge in [0, 0.05) is 31.1 Å². The molecule has 0 amide bonds. The number of aliphatic carboxylic acids is 1. The van der Waals surface area contributed by atoms with Crippen LogP contribution in [0.1, 0.15) is 91.9 Å². The van der Waals surface area contributed by atoms with Gasteiger partial charge >= 0.3 is 5.97 Å². The molecule has 0 bridgehead atoms. The summed E-state index contributed by atoms with van der Waals surface area (Å²) in [5.41, 5.74) is 0.280. The van der Waals surface area contributed by atoms with Gasteiger partial charge < -0.3 is 5.11 Å². The van der Waals surface area contributed by atoms with Crippen molar-refractivity contribution in [2.24, 2.45) is 52.3 Å². The van der Waals surface area contributed by atoms with E-state index in [1.54, 1.807) is 0 Å². The van der Waals surface area contributed by atoms with Crippen LogP contribution in [0, 0.1) is 52.3 Å². The summed E-state index contributed by atoms with van der Waals surface area (Å²) >= 11 is 0. The smallest absolute Gasteiger partial charge is 0.303 e. The highest BCUT2D eigenvalue weighted by atomic mass is 16.4. The summed E-state index contributed by atoms with van der Waals surface area (Å²) < 4.78 is 0. The van der Waals surface area contributed by atoms with E-state index >= 15 is 0 Å². The number of hydrogen-bond donors (Lipinski definition) is 1. The molecule has 4 fully saturated rings. The molecule has 0 spiro atoms. The highest BCUT2D eigenvalue weighted by Gasteiger charge is 2.65. The van der Waals surface area contributed by atoms with Crippen LogP contribution in [-0.2, 0) is 14.4 Å². The molecule has 4 saturated carbocycles. The minimum Gasteiger partial charge on any atom is -0.481 e. The Labute approximate surface area is 181 Å². The van der Waals surface area contributed by atoms with Crippen LogP contribution in [0.25, 0.3) is 0 Å². The molecular formula is C26H40O4. The van der Waals surface area contributed by atoms with E-state index in [4.69, 9.17) is 5.11 Å². The van der Waals surface area contributed by atoms with Crippen molar-refractivity contribution in [1.82, 2.24) is 0 Å². The molecule has 0 aromatic rings. The summed E-state index contributed by atoms with van der Waals surface area (Å²) in [5, 5.41) is 9.14. The summed E-state index contributed by atoms with van der Waals surface area (Å²) in [6, 6.07) is 0. The number of Topliss-reactive ketones (excluding diaryl/α,β-unsaturated/α-hetero) is 2. The van der Waals surface area contributed by atoms with Crippen molar-refractivity contribution in [3.63, 3.8) is 0 Å². The van der Waals surface area contributed by atoms with Crippen LogP contribution in [0.4, 0.5) is 0 Å². The van der Waals surface area contributed by atoms with Crippen molar-refractivity contribution < 1.29 is 19.5 Å². The second-order valence-corrected chi connectivity index (χ2v) is 11.6. The number of hydrogen-bond acceptors (Lipinski definition) is 3. The SMILES string of the molecule is CCC1C(=O)[C@H]2[C@@H]3CC[C@H]([C@H](C)CCC(=O)O)[C@@]3(C)CC[C@@H]2[C@@]2(C)CCC(=O)CC12. The Morgan fingerprint density at radius 3 is 2.43 bits per heavy atom. The normalized spacial score (nSPS) is 46.7. The topological polar surface area (TPSA) is 71.4 Å². The van der Waals surface area contributed by atoms with Crippen molar-refractivity contribution >= 4 is 17.5 Å². The van der Waals surface area contributed by atoms with Crippen LogP contribution in [0.2, 0.25) is 0 Å². The summed E-state index contributed by atoms with van der Waals surface area (Å²) in [5.74, 6) is 2.34. The molecule has 4 aliphatic rings. The third kappa shape index (κ3) is 3.19.